The summed E-state index contributed by atoms with van der Waals surface area (Å²) < 4.78 is 6.83. The number of likely N-dealkylation sites (tertiary alicyclic amines) is 1. The van der Waals surface area contributed by atoms with E-state index in [2.05, 4.69) is 29.1 Å². The lowest BCUT2D eigenvalue weighted by atomic mass is 9.70. The highest BCUT2D eigenvalue weighted by atomic mass is 79.9. The third-order valence-electron chi connectivity index (χ3n) is 10.2. The molecule has 246 valence electrons. The molecular weight excluding hydrogens is 646 g/mol. The molecule has 8 atom stereocenters. The number of ether oxygens (including phenoxy) is 1. The molecule has 0 aromatic heterocycles. The van der Waals surface area contributed by atoms with Crippen LogP contribution in [0, 0.1) is 31.6 Å². The van der Waals surface area contributed by atoms with Crippen molar-refractivity contribution in [2.45, 2.75) is 75.7 Å². The quantitative estimate of drug-likeness (QED) is 0.231. The van der Waals surface area contributed by atoms with E-state index in [1.807, 2.05) is 76.2 Å². The molecule has 1 N–H and O–H groups in total. The molecule has 1 spiro atoms. The van der Waals surface area contributed by atoms with E-state index in [9.17, 15) is 14.7 Å². The van der Waals surface area contributed by atoms with Gasteiger partial charge in [0, 0.05) is 30.1 Å². The summed E-state index contributed by atoms with van der Waals surface area (Å²) in [6.07, 6.45) is 3.85. The van der Waals surface area contributed by atoms with E-state index in [1.54, 1.807) is 26.9 Å². The molecule has 2 bridgehead atoms. The third kappa shape index (κ3) is 5.75. The summed E-state index contributed by atoms with van der Waals surface area (Å²) >= 11 is 3.80. The molecule has 0 radical (unpaired) electrons. The molecule has 2 aromatic rings. The van der Waals surface area contributed by atoms with Gasteiger partial charge in [-0.1, -0.05) is 90.8 Å². The highest BCUT2D eigenvalue weighted by Gasteiger charge is 2.77. The van der Waals surface area contributed by atoms with Crippen LogP contribution in [0.3, 0.4) is 0 Å². The van der Waals surface area contributed by atoms with Crippen molar-refractivity contribution in [1.82, 2.24) is 9.80 Å². The van der Waals surface area contributed by atoms with Crippen molar-refractivity contribution in [1.29, 1.82) is 0 Å². The predicted molar refractivity (Wildman–Crippen MR) is 183 cm³/mol. The van der Waals surface area contributed by atoms with Gasteiger partial charge in [0.25, 0.3) is 5.91 Å². The maximum atomic E-state index is 15.1. The van der Waals surface area contributed by atoms with Crippen LogP contribution in [0.5, 0.6) is 0 Å². The van der Waals surface area contributed by atoms with Gasteiger partial charge in [-0.15, -0.1) is 13.2 Å². The van der Waals surface area contributed by atoms with E-state index in [0.717, 1.165) is 22.4 Å². The Balaban J connectivity index is 1.63. The zero-order valence-electron chi connectivity index (χ0n) is 27.3. The molecule has 3 fully saturated rings. The van der Waals surface area contributed by atoms with Crippen LogP contribution in [0.25, 0.3) is 0 Å². The number of carbonyl (C=O) groups excluding carboxylic acids is 3. The number of carbonyl (C=O) groups is 3. The summed E-state index contributed by atoms with van der Waals surface area (Å²) in [5.74, 6) is -2.59. The van der Waals surface area contributed by atoms with Gasteiger partial charge in [0.15, 0.2) is 0 Å². The molecule has 3 aliphatic rings. The first-order valence-corrected chi connectivity index (χ1v) is 17.1. The largest absolute Gasteiger partial charge is 0.394 e. The number of hydrogen-bond donors (Lipinski definition) is 1. The van der Waals surface area contributed by atoms with Gasteiger partial charge in [0.1, 0.15) is 11.6 Å². The molecule has 3 heterocycles. The zero-order valence-corrected chi connectivity index (χ0v) is 28.9. The van der Waals surface area contributed by atoms with Crippen LogP contribution in [0.4, 0.5) is 5.69 Å². The summed E-state index contributed by atoms with van der Waals surface area (Å²) in [4.78, 5) is 49.2. The number of fused-ring (bicyclic) bond motifs is 1. The SMILES string of the molecule is C=CCN(Cc1ccccc1)C(=O)[C@H]1[C@@H]2OC3(CC2Br)C(C(=O)N(CC=C)c2cc(C)ccc2C)N([C@@H](CO)[C@@H](C)CC)C(=O)[C@H]13. The number of amides is 3. The molecule has 3 saturated heterocycles. The van der Waals surface area contributed by atoms with Crippen molar-refractivity contribution in [3.8, 4) is 0 Å². The lowest BCUT2D eigenvalue weighted by Gasteiger charge is -2.41. The zero-order chi connectivity index (χ0) is 33.3. The monoisotopic (exact) mass is 691 g/mol. The Morgan fingerprint density at radius 1 is 1.13 bits per heavy atom. The van der Waals surface area contributed by atoms with E-state index >= 15 is 4.79 Å². The number of aliphatic hydroxyl groups is 1. The van der Waals surface area contributed by atoms with Gasteiger partial charge in [-0.25, -0.2) is 0 Å². The number of benzene rings is 2. The van der Waals surface area contributed by atoms with Gasteiger partial charge < -0.3 is 24.5 Å². The number of anilines is 1. The minimum atomic E-state index is -1.25. The van der Waals surface area contributed by atoms with E-state index in [-0.39, 0.29) is 41.6 Å². The maximum absolute atomic E-state index is 15.1. The average Bonchev–Trinajstić information content (AvgIpc) is 3.64. The van der Waals surface area contributed by atoms with Gasteiger partial charge in [-0.2, -0.15) is 0 Å². The van der Waals surface area contributed by atoms with Gasteiger partial charge in [-0.05, 0) is 48.9 Å². The Morgan fingerprint density at radius 3 is 2.46 bits per heavy atom. The topological polar surface area (TPSA) is 90.4 Å². The van der Waals surface area contributed by atoms with Crippen LogP contribution in [0.1, 0.15) is 43.4 Å². The molecule has 5 rings (SSSR count). The lowest BCUT2D eigenvalue weighted by Crippen LogP contribution is -2.60. The maximum Gasteiger partial charge on any atom is 0.253 e. The first kappa shape index (κ1) is 34.1. The number of aliphatic hydroxyl groups excluding tert-OH is 1. The molecule has 3 amide bonds. The number of alkyl halides is 1. The molecule has 8 nitrogen and oxygen atoms in total. The van der Waals surface area contributed by atoms with Crippen molar-refractivity contribution < 1.29 is 24.2 Å². The number of hydrogen-bond acceptors (Lipinski definition) is 5. The van der Waals surface area contributed by atoms with E-state index in [0.29, 0.717) is 25.9 Å². The standard InChI is InChI=1S/C37H46BrN3O5/c1-7-17-39(21-26-13-11-10-12-14-26)34(43)30-31-35(44)41(29(22-42)24(5)9-3)33(37(31)20-27(38)32(30)46-37)36(45)40(18-8-2)28-19-23(4)15-16-25(28)6/h7-8,10-16,19,24,27,29-33,42H,1-2,9,17-18,20-22H2,3-6H3/t24-,27?,29-,30+,31-,32+,33?,37?/m0/s1. The van der Waals surface area contributed by atoms with Crippen molar-refractivity contribution >= 4 is 39.3 Å². The van der Waals surface area contributed by atoms with Crippen LogP contribution in [-0.4, -0.2) is 80.9 Å². The summed E-state index contributed by atoms with van der Waals surface area (Å²) in [5.41, 5.74) is 2.35. The highest BCUT2D eigenvalue weighted by molar-refractivity contribution is 9.09. The van der Waals surface area contributed by atoms with Gasteiger partial charge in [0.2, 0.25) is 11.8 Å². The van der Waals surface area contributed by atoms with E-state index in [1.165, 1.54) is 0 Å². The molecule has 9 heteroatoms. The molecule has 46 heavy (non-hydrogen) atoms. The smallest absolute Gasteiger partial charge is 0.253 e. The average molecular weight is 693 g/mol. The summed E-state index contributed by atoms with van der Waals surface area (Å²) in [6, 6.07) is 14.0. The Bertz CT molecular complexity index is 1480. The summed E-state index contributed by atoms with van der Waals surface area (Å²) in [7, 11) is 0. The third-order valence-corrected chi connectivity index (χ3v) is 11.0. The molecular formula is C37H46BrN3O5. The lowest BCUT2D eigenvalue weighted by molar-refractivity contribution is -0.148. The molecule has 3 unspecified atom stereocenters. The number of halogens is 1. The van der Waals surface area contributed by atoms with Crippen LogP contribution in [-0.2, 0) is 25.7 Å². The number of nitrogens with zero attached hydrogens (tertiary/aromatic N) is 3. The number of aryl methyl sites for hydroxylation is 2. The first-order chi connectivity index (χ1) is 22.0. The highest BCUT2D eigenvalue weighted by Crippen LogP contribution is 2.61. The fraction of sp³-hybridized carbons (Fsp3) is 0.486. The summed E-state index contributed by atoms with van der Waals surface area (Å²) in [5, 5.41) is 10.8. The molecule has 2 aromatic carbocycles. The second-order valence-corrected chi connectivity index (χ2v) is 14.2. The minimum Gasteiger partial charge on any atom is -0.394 e. The van der Waals surface area contributed by atoms with Gasteiger partial charge in [-0.3, -0.25) is 14.4 Å². The van der Waals surface area contributed by atoms with Crippen LogP contribution in [0.15, 0.2) is 73.8 Å². The Labute approximate surface area is 281 Å². The van der Waals surface area contributed by atoms with Crippen LogP contribution in [0.2, 0.25) is 0 Å². The van der Waals surface area contributed by atoms with Crippen molar-refractivity contribution in [3.05, 3.63) is 90.5 Å². The Kier molecular flexibility index (Phi) is 10.3. The summed E-state index contributed by atoms with van der Waals surface area (Å²) in [6.45, 7) is 16.3. The molecule has 3 aliphatic heterocycles. The van der Waals surface area contributed by atoms with Gasteiger partial charge in [0.05, 0.1) is 30.6 Å². The Hall–Kier alpha value is -3.27. The van der Waals surface area contributed by atoms with Crippen molar-refractivity contribution in [2.75, 3.05) is 24.6 Å². The minimum absolute atomic E-state index is 0.102. The fourth-order valence-corrected chi connectivity index (χ4v) is 8.74. The Morgan fingerprint density at radius 2 is 1.83 bits per heavy atom. The molecule has 0 aliphatic carbocycles. The van der Waals surface area contributed by atoms with Crippen LogP contribution < -0.4 is 4.90 Å². The first-order valence-electron chi connectivity index (χ1n) is 16.2. The van der Waals surface area contributed by atoms with Crippen LogP contribution >= 0.6 is 15.9 Å². The molecule has 0 saturated carbocycles. The van der Waals surface area contributed by atoms with E-state index < -0.39 is 35.6 Å². The normalized spacial score (nSPS) is 27.7. The van der Waals surface area contributed by atoms with Crippen molar-refractivity contribution in [3.63, 3.8) is 0 Å². The second-order valence-electron chi connectivity index (χ2n) is 13.1. The number of rotatable bonds is 13. The van der Waals surface area contributed by atoms with Crippen molar-refractivity contribution in [2.24, 2.45) is 17.8 Å². The van der Waals surface area contributed by atoms with Gasteiger partial charge >= 0.3 is 0 Å². The second kappa shape index (κ2) is 13.8. The predicted octanol–water partition coefficient (Wildman–Crippen LogP) is 5.19. The fourth-order valence-electron chi connectivity index (χ4n) is 7.80. The van der Waals surface area contributed by atoms with E-state index in [4.69, 9.17) is 4.74 Å².